The molecule has 1 atom stereocenters. The van der Waals surface area contributed by atoms with E-state index in [0.717, 1.165) is 39.7 Å². The number of thioether (sulfide) groups is 1. The number of aromatic nitrogens is 4. The Bertz CT molecular complexity index is 1150. The number of hydrogen-bond acceptors (Lipinski definition) is 6. The Morgan fingerprint density at radius 2 is 2.03 bits per heavy atom. The summed E-state index contributed by atoms with van der Waals surface area (Å²) in [5.74, 6) is 0.740. The summed E-state index contributed by atoms with van der Waals surface area (Å²) in [5, 5.41) is 12.8. The first-order valence-electron chi connectivity index (χ1n) is 9.88. The molecule has 1 N–H and O–H groups in total. The van der Waals surface area contributed by atoms with Crippen LogP contribution < -0.4 is 5.32 Å². The lowest BCUT2D eigenvalue weighted by Gasteiger charge is -2.12. The number of amides is 1. The Balaban J connectivity index is 1.52. The monoisotopic (exact) mass is 437 g/mol. The van der Waals surface area contributed by atoms with Gasteiger partial charge in [0.2, 0.25) is 5.91 Å². The van der Waals surface area contributed by atoms with E-state index in [-0.39, 0.29) is 11.2 Å². The summed E-state index contributed by atoms with van der Waals surface area (Å²) < 4.78 is 3.15. The number of nitrogens with zero attached hydrogens (tertiary/aromatic N) is 4. The van der Waals surface area contributed by atoms with E-state index in [2.05, 4.69) is 51.0 Å². The van der Waals surface area contributed by atoms with Crippen LogP contribution in [0.2, 0.25) is 0 Å². The first-order chi connectivity index (χ1) is 14.5. The maximum absolute atomic E-state index is 12.8. The van der Waals surface area contributed by atoms with E-state index in [1.807, 2.05) is 43.3 Å². The van der Waals surface area contributed by atoms with Crippen molar-refractivity contribution < 1.29 is 4.79 Å². The van der Waals surface area contributed by atoms with E-state index in [0.29, 0.717) is 5.13 Å². The molecule has 8 heteroatoms. The molecule has 0 radical (unpaired) electrons. The standard InChI is InChI=1S/C22H23N5OS2/c1-4-12-27-19(16-9-7-8-14(2)13-16)25-26-22(27)29-15(3)20(28)24-21-23-17-10-5-6-11-18(17)30-21/h5-11,13,15H,4,12H2,1-3H3,(H,23,24,28). The van der Waals surface area contributed by atoms with Crippen LogP contribution in [-0.2, 0) is 11.3 Å². The molecule has 0 aliphatic rings. The van der Waals surface area contributed by atoms with Gasteiger partial charge in [0.1, 0.15) is 0 Å². The second-order valence-corrected chi connectivity index (χ2v) is 9.40. The van der Waals surface area contributed by atoms with E-state index >= 15 is 0 Å². The van der Waals surface area contributed by atoms with Gasteiger partial charge in [-0.05, 0) is 38.5 Å². The largest absolute Gasteiger partial charge is 0.302 e. The van der Waals surface area contributed by atoms with Gasteiger partial charge < -0.3 is 9.88 Å². The second kappa shape index (κ2) is 8.97. The Morgan fingerprint density at radius 3 is 2.80 bits per heavy atom. The fourth-order valence-corrected chi connectivity index (χ4v) is 4.89. The molecular weight excluding hydrogens is 414 g/mol. The highest BCUT2D eigenvalue weighted by atomic mass is 32.2. The molecule has 0 spiro atoms. The number of para-hydroxylation sites is 1. The number of benzene rings is 2. The number of fused-ring (bicyclic) bond motifs is 1. The zero-order valence-electron chi connectivity index (χ0n) is 17.1. The minimum Gasteiger partial charge on any atom is -0.302 e. The quantitative estimate of drug-likeness (QED) is 0.392. The SMILES string of the molecule is CCCn1c(SC(C)C(=O)Nc2nc3ccccc3s2)nnc1-c1cccc(C)c1. The molecule has 154 valence electrons. The van der Waals surface area contributed by atoms with E-state index in [9.17, 15) is 4.79 Å². The number of thiazole rings is 1. The van der Waals surface area contributed by atoms with Crippen molar-refractivity contribution in [3.05, 3.63) is 54.1 Å². The first-order valence-corrected chi connectivity index (χ1v) is 11.6. The third kappa shape index (κ3) is 4.39. The van der Waals surface area contributed by atoms with Crippen molar-refractivity contribution in [2.24, 2.45) is 0 Å². The van der Waals surface area contributed by atoms with Crippen LogP contribution in [-0.4, -0.2) is 30.9 Å². The molecule has 0 bridgehead atoms. The molecule has 0 fully saturated rings. The molecule has 1 unspecified atom stereocenters. The summed E-state index contributed by atoms with van der Waals surface area (Å²) >= 11 is 2.90. The predicted molar refractivity (Wildman–Crippen MR) is 124 cm³/mol. The molecular formula is C22H23N5OS2. The van der Waals surface area contributed by atoms with Crippen molar-refractivity contribution in [1.29, 1.82) is 0 Å². The van der Waals surface area contributed by atoms with Crippen molar-refractivity contribution in [3.63, 3.8) is 0 Å². The van der Waals surface area contributed by atoms with Crippen molar-refractivity contribution in [2.75, 3.05) is 5.32 Å². The van der Waals surface area contributed by atoms with Gasteiger partial charge in [0, 0.05) is 12.1 Å². The highest BCUT2D eigenvalue weighted by Crippen LogP contribution is 2.29. The number of anilines is 1. The molecule has 4 aromatic rings. The minimum atomic E-state index is -0.331. The highest BCUT2D eigenvalue weighted by Gasteiger charge is 2.21. The Labute approximate surface area is 183 Å². The second-order valence-electron chi connectivity index (χ2n) is 7.06. The summed E-state index contributed by atoms with van der Waals surface area (Å²) in [6.07, 6.45) is 0.955. The van der Waals surface area contributed by atoms with Gasteiger partial charge in [-0.15, -0.1) is 10.2 Å². The van der Waals surface area contributed by atoms with Crippen molar-refractivity contribution in [3.8, 4) is 11.4 Å². The number of carbonyl (C=O) groups excluding carboxylic acids is 1. The van der Waals surface area contributed by atoms with E-state index in [1.54, 1.807) is 0 Å². The normalized spacial score (nSPS) is 12.2. The molecule has 0 saturated heterocycles. The average Bonchev–Trinajstić information content (AvgIpc) is 3.32. The van der Waals surface area contributed by atoms with Crippen LogP contribution >= 0.6 is 23.1 Å². The summed E-state index contributed by atoms with van der Waals surface area (Å²) in [4.78, 5) is 17.2. The Morgan fingerprint density at radius 1 is 1.20 bits per heavy atom. The number of carbonyl (C=O) groups is 1. The van der Waals surface area contributed by atoms with Gasteiger partial charge in [0.05, 0.1) is 15.5 Å². The topological polar surface area (TPSA) is 72.7 Å². The van der Waals surface area contributed by atoms with Crippen LogP contribution in [0, 0.1) is 6.92 Å². The molecule has 0 aliphatic heterocycles. The number of nitrogens with one attached hydrogen (secondary N) is 1. The first kappa shape index (κ1) is 20.6. The third-order valence-corrected chi connectivity index (χ3v) is 6.65. The number of aryl methyl sites for hydroxylation is 1. The van der Waals surface area contributed by atoms with E-state index in [1.165, 1.54) is 28.7 Å². The lowest BCUT2D eigenvalue weighted by Crippen LogP contribution is -2.22. The minimum absolute atomic E-state index is 0.0952. The van der Waals surface area contributed by atoms with Crippen LogP contribution in [0.25, 0.3) is 21.6 Å². The van der Waals surface area contributed by atoms with Crippen LogP contribution in [0.3, 0.4) is 0 Å². The number of hydrogen-bond donors (Lipinski definition) is 1. The van der Waals surface area contributed by atoms with E-state index in [4.69, 9.17) is 0 Å². The van der Waals surface area contributed by atoms with Gasteiger partial charge in [-0.25, -0.2) is 4.98 Å². The maximum Gasteiger partial charge on any atom is 0.239 e. The summed E-state index contributed by atoms with van der Waals surface area (Å²) in [6.45, 7) is 6.86. The highest BCUT2D eigenvalue weighted by molar-refractivity contribution is 8.00. The third-order valence-electron chi connectivity index (χ3n) is 4.62. The molecule has 0 saturated carbocycles. The van der Waals surface area contributed by atoms with E-state index < -0.39 is 0 Å². The van der Waals surface area contributed by atoms with Gasteiger partial charge >= 0.3 is 0 Å². The molecule has 0 aliphatic carbocycles. The molecule has 2 aromatic heterocycles. The molecule has 2 heterocycles. The van der Waals surface area contributed by atoms with Crippen LogP contribution in [0.4, 0.5) is 5.13 Å². The zero-order valence-corrected chi connectivity index (χ0v) is 18.8. The Hall–Kier alpha value is -2.71. The van der Waals surface area contributed by atoms with Crippen molar-refractivity contribution in [2.45, 2.75) is 44.1 Å². The molecule has 4 rings (SSSR count). The molecule has 30 heavy (non-hydrogen) atoms. The number of rotatable bonds is 7. The molecule has 1 amide bonds. The summed E-state index contributed by atoms with van der Waals surface area (Å²) in [6, 6.07) is 16.1. The lowest BCUT2D eigenvalue weighted by atomic mass is 10.1. The zero-order chi connectivity index (χ0) is 21.1. The fourth-order valence-electron chi connectivity index (χ4n) is 3.14. The van der Waals surface area contributed by atoms with Gasteiger partial charge in [-0.1, -0.05) is 65.9 Å². The fraction of sp³-hybridized carbons (Fsp3) is 0.273. The summed E-state index contributed by atoms with van der Waals surface area (Å²) in [7, 11) is 0. The average molecular weight is 438 g/mol. The van der Waals surface area contributed by atoms with Gasteiger partial charge in [-0.3, -0.25) is 4.79 Å². The molecule has 2 aromatic carbocycles. The van der Waals surface area contributed by atoms with Gasteiger partial charge in [0.25, 0.3) is 0 Å². The predicted octanol–water partition coefficient (Wildman–Crippen LogP) is 5.39. The summed E-state index contributed by atoms with van der Waals surface area (Å²) in [5.41, 5.74) is 3.11. The van der Waals surface area contributed by atoms with Crippen molar-refractivity contribution >= 4 is 44.4 Å². The molecule has 6 nitrogen and oxygen atoms in total. The maximum atomic E-state index is 12.8. The lowest BCUT2D eigenvalue weighted by molar-refractivity contribution is -0.115. The van der Waals surface area contributed by atoms with Crippen LogP contribution in [0.1, 0.15) is 25.8 Å². The smallest absolute Gasteiger partial charge is 0.239 e. The van der Waals surface area contributed by atoms with Crippen LogP contribution in [0.5, 0.6) is 0 Å². The van der Waals surface area contributed by atoms with Gasteiger partial charge in [-0.2, -0.15) is 0 Å². The van der Waals surface area contributed by atoms with Crippen molar-refractivity contribution in [1.82, 2.24) is 19.7 Å². The Kier molecular flexibility index (Phi) is 6.15. The van der Waals surface area contributed by atoms with Crippen LogP contribution in [0.15, 0.2) is 53.7 Å². The van der Waals surface area contributed by atoms with Gasteiger partial charge in [0.15, 0.2) is 16.1 Å².